The lowest BCUT2D eigenvalue weighted by Gasteiger charge is -2.42. The van der Waals surface area contributed by atoms with E-state index in [1.165, 1.54) is 0 Å². The Morgan fingerprint density at radius 2 is 1.96 bits per heavy atom. The Labute approximate surface area is 148 Å². The van der Waals surface area contributed by atoms with Gasteiger partial charge in [0.1, 0.15) is 0 Å². The summed E-state index contributed by atoms with van der Waals surface area (Å²) in [6.45, 7) is 9.59. The van der Waals surface area contributed by atoms with Crippen molar-refractivity contribution in [1.29, 1.82) is 0 Å². The van der Waals surface area contributed by atoms with Gasteiger partial charge < -0.3 is 9.80 Å². The minimum absolute atomic E-state index is 0.0411. The molecule has 1 saturated carbocycles. The smallest absolute Gasteiger partial charge is 0.227 e. The molecule has 3 rings (SSSR count). The number of benzene rings is 1. The third kappa shape index (κ3) is 2.95. The molecule has 1 aliphatic carbocycles. The van der Waals surface area contributed by atoms with Crippen molar-refractivity contribution < 1.29 is 9.59 Å². The first-order chi connectivity index (χ1) is 11.3. The summed E-state index contributed by atoms with van der Waals surface area (Å²) in [5.74, 6) is 0.159. The van der Waals surface area contributed by atoms with Crippen molar-refractivity contribution in [3.8, 4) is 0 Å². The lowest BCUT2D eigenvalue weighted by atomic mass is 10.0. The Balaban J connectivity index is 1.72. The van der Waals surface area contributed by atoms with Crippen LogP contribution in [-0.2, 0) is 16.0 Å². The minimum Gasteiger partial charge on any atom is -0.338 e. The highest BCUT2D eigenvalue weighted by Crippen LogP contribution is 2.49. The molecule has 1 atom stereocenters. The SMILES string of the molecule is C=C1C[C@]12CN(C(=O)Cc1ccccc1Cl)CCN2C(=O)C(C)C. The second kappa shape index (κ2) is 6.25. The minimum atomic E-state index is -0.338. The van der Waals surface area contributed by atoms with Crippen LogP contribution in [0.5, 0.6) is 0 Å². The van der Waals surface area contributed by atoms with Gasteiger partial charge in [0.05, 0.1) is 12.0 Å². The van der Waals surface area contributed by atoms with Gasteiger partial charge in [0.25, 0.3) is 0 Å². The van der Waals surface area contributed by atoms with Gasteiger partial charge in [0.2, 0.25) is 11.8 Å². The molecular formula is C19H23ClN2O2. The first kappa shape index (κ1) is 17.0. The number of amides is 2. The van der Waals surface area contributed by atoms with E-state index < -0.39 is 0 Å². The maximum atomic E-state index is 12.7. The Bertz CT molecular complexity index is 700. The molecule has 0 aromatic heterocycles. The molecule has 1 aliphatic heterocycles. The molecule has 1 aromatic carbocycles. The Kier molecular flexibility index (Phi) is 4.43. The molecule has 24 heavy (non-hydrogen) atoms. The van der Waals surface area contributed by atoms with E-state index in [0.29, 0.717) is 31.1 Å². The van der Waals surface area contributed by atoms with Crippen molar-refractivity contribution in [2.24, 2.45) is 5.92 Å². The second-order valence-corrected chi connectivity index (χ2v) is 7.45. The lowest BCUT2D eigenvalue weighted by Crippen LogP contribution is -2.59. The van der Waals surface area contributed by atoms with Gasteiger partial charge in [0.15, 0.2) is 0 Å². The summed E-state index contributed by atoms with van der Waals surface area (Å²) >= 11 is 6.16. The molecular weight excluding hydrogens is 324 g/mol. The summed E-state index contributed by atoms with van der Waals surface area (Å²) < 4.78 is 0. The molecule has 5 heteroatoms. The molecule has 0 N–H and O–H groups in total. The maximum absolute atomic E-state index is 12.7. The molecule has 2 amide bonds. The molecule has 0 radical (unpaired) electrons. The Morgan fingerprint density at radius 1 is 1.29 bits per heavy atom. The molecule has 2 aliphatic rings. The van der Waals surface area contributed by atoms with Crippen LogP contribution < -0.4 is 0 Å². The first-order valence-corrected chi connectivity index (χ1v) is 8.74. The fraction of sp³-hybridized carbons (Fsp3) is 0.474. The van der Waals surface area contributed by atoms with E-state index in [2.05, 4.69) is 6.58 Å². The van der Waals surface area contributed by atoms with Crippen LogP contribution in [0.15, 0.2) is 36.4 Å². The summed E-state index contributed by atoms with van der Waals surface area (Å²) in [4.78, 5) is 28.9. The third-order valence-corrected chi connectivity index (χ3v) is 5.38. The van der Waals surface area contributed by atoms with Crippen LogP contribution in [0.3, 0.4) is 0 Å². The lowest BCUT2D eigenvalue weighted by molar-refractivity contribution is -0.145. The highest BCUT2D eigenvalue weighted by atomic mass is 35.5. The number of carbonyl (C=O) groups is 2. The van der Waals surface area contributed by atoms with Gasteiger partial charge >= 0.3 is 0 Å². The van der Waals surface area contributed by atoms with Crippen molar-refractivity contribution in [3.63, 3.8) is 0 Å². The largest absolute Gasteiger partial charge is 0.338 e. The van der Waals surface area contributed by atoms with E-state index in [4.69, 9.17) is 11.6 Å². The number of piperazine rings is 1. The zero-order valence-corrected chi connectivity index (χ0v) is 15.0. The van der Waals surface area contributed by atoms with Crippen LogP contribution in [-0.4, -0.2) is 46.8 Å². The van der Waals surface area contributed by atoms with Gasteiger partial charge in [-0.25, -0.2) is 0 Å². The number of hydrogen-bond donors (Lipinski definition) is 0. The normalized spacial score (nSPS) is 23.1. The van der Waals surface area contributed by atoms with Crippen molar-refractivity contribution >= 4 is 23.4 Å². The molecule has 1 aromatic rings. The third-order valence-electron chi connectivity index (χ3n) is 5.01. The van der Waals surface area contributed by atoms with Crippen molar-refractivity contribution in [2.45, 2.75) is 32.2 Å². The van der Waals surface area contributed by atoms with Gasteiger partial charge in [-0.1, -0.05) is 50.2 Å². The Hall–Kier alpha value is -1.81. The van der Waals surface area contributed by atoms with E-state index in [-0.39, 0.29) is 23.3 Å². The average Bonchev–Trinajstić information content (AvgIpc) is 3.17. The molecule has 1 heterocycles. The molecule has 1 saturated heterocycles. The number of rotatable bonds is 3. The molecule has 4 nitrogen and oxygen atoms in total. The topological polar surface area (TPSA) is 40.6 Å². The number of carbonyl (C=O) groups excluding carboxylic acids is 2. The van der Waals surface area contributed by atoms with Crippen LogP contribution in [0.1, 0.15) is 25.8 Å². The van der Waals surface area contributed by atoms with Gasteiger partial charge in [-0.2, -0.15) is 0 Å². The van der Waals surface area contributed by atoms with Crippen molar-refractivity contribution in [1.82, 2.24) is 9.80 Å². The Morgan fingerprint density at radius 3 is 2.54 bits per heavy atom. The molecule has 0 bridgehead atoms. The van der Waals surface area contributed by atoms with E-state index in [0.717, 1.165) is 17.6 Å². The highest BCUT2D eigenvalue weighted by Gasteiger charge is 2.57. The number of halogens is 1. The first-order valence-electron chi connectivity index (χ1n) is 8.36. The molecule has 2 fully saturated rings. The van der Waals surface area contributed by atoms with E-state index in [1.54, 1.807) is 6.07 Å². The summed E-state index contributed by atoms with van der Waals surface area (Å²) in [5, 5.41) is 0.616. The molecule has 1 spiro atoms. The number of hydrogen-bond acceptors (Lipinski definition) is 2. The van der Waals surface area contributed by atoms with Crippen molar-refractivity contribution in [2.75, 3.05) is 19.6 Å². The quantitative estimate of drug-likeness (QED) is 0.789. The summed E-state index contributed by atoms with van der Waals surface area (Å²) in [6, 6.07) is 7.42. The van der Waals surface area contributed by atoms with Gasteiger partial charge in [0, 0.05) is 30.6 Å². The maximum Gasteiger partial charge on any atom is 0.227 e. The van der Waals surface area contributed by atoms with Gasteiger partial charge in [-0.15, -0.1) is 0 Å². The van der Waals surface area contributed by atoms with E-state index in [1.807, 2.05) is 41.8 Å². The van der Waals surface area contributed by atoms with Crippen LogP contribution in [0.4, 0.5) is 0 Å². The zero-order valence-electron chi connectivity index (χ0n) is 14.2. The van der Waals surface area contributed by atoms with Crippen LogP contribution in [0.2, 0.25) is 5.02 Å². The molecule has 0 unspecified atom stereocenters. The van der Waals surface area contributed by atoms with E-state index >= 15 is 0 Å². The van der Waals surface area contributed by atoms with Gasteiger partial charge in [-0.3, -0.25) is 9.59 Å². The summed E-state index contributed by atoms with van der Waals surface area (Å²) in [5.41, 5.74) is 1.55. The summed E-state index contributed by atoms with van der Waals surface area (Å²) in [6.07, 6.45) is 1.09. The van der Waals surface area contributed by atoms with Gasteiger partial charge in [-0.05, 0) is 23.6 Å². The van der Waals surface area contributed by atoms with Crippen molar-refractivity contribution in [3.05, 3.63) is 47.0 Å². The second-order valence-electron chi connectivity index (χ2n) is 7.04. The van der Waals surface area contributed by atoms with Crippen LogP contribution >= 0.6 is 11.6 Å². The zero-order chi connectivity index (χ0) is 17.5. The average molecular weight is 347 g/mol. The fourth-order valence-electron chi connectivity index (χ4n) is 3.44. The monoisotopic (exact) mass is 346 g/mol. The number of nitrogens with zero attached hydrogens (tertiary/aromatic N) is 2. The molecule has 128 valence electrons. The highest BCUT2D eigenvalue weighted by molar-refractivity contribution is 6.31. The standard InChI is InChI=1S/C19H23ClN2O2/c1-13(2)18(24)22-9-8-21(12-19(22)11-14(19)3)17(23)10-15-6-4-5-7-16(15)20/h4-7,13H,3,8-12H2,1-2H3/t19-/m0/s1. The predicted octanol–water partition coefficient (Wildman–Crippen LogP) is 2.91. The van der Waals surface area contributed by atoms with E-state index in [9.17, 15) is 9.59 Å². The van der Waals surface area contributed by atoms with Crippen LogP contribution in [0, 0.1) is 5.92 Å². The van der Waals surface area contributed by atoms with Crippen LogP contribution in [0.25, 0.3) is 0 Å². The predicted molar refractivity (Wildman–Crippen MR) is 94.8 cm³/mol. The summed E-state index contributed by atoms with van der Waals surface area (Å²) in [7, 11) is 0. The fourth-order valence-corrected chi connectivity index (χ4v) is 3.64.